The SMILES string of the molecule is Fc1ccc(OCc2cn3cc(-c4ccncc4Cl)cnc3n2)cc1. The van der Waals surface area contributed by atoms with Crippen LogP contribution in [0.5, 0.6) is 5.75 Å². The number of nitrogens with zero attached hydrogens (tertiary/aromatic N) is 4. The lowest BCUT2D eigenvalue weighted by molar-refractivity contribution is 0.301. The van der Waals surface area contributed by atoms with Crippen molar-refractivity contribution in [3.05, 3.63) is 77.8 Å². The van der Waals surface area contributed by atoms with Gasteiger partial charge in [0.25, 0.3) is 0 Å². The van der Waals surface area contributed by atoms with Crippen molar-refractivity contribution < 1.29 is 9.13 Å². The van der Waals surface area contributed by atoms with Gasteiger partial charge in [0.05, 0.1) is 10.7 Å². The van der Waals surface area contributed by atoms with Gasteiger partial charge in [0, 0.05) is 42.1 Å². The van der Waals surface area contributed by atoms with Gasteiger partial charge in [-0.25, -0.2) is 14.4 Å². The van der Waals surface area contributed by atoms with E-state index in [9.17, 15) is 4.39 Å². The Morgan fingerprint density at radius 1 is 1.08 bits per heavy atom. The van der Waals surface area contributed by atoms with Gasteiger partial charge in [0.15, 0.2) is 0 Å². The molecule has 1 aromatic carbocycles. The van der Waals surface area contributed by atoms with Crippen molar-refractivity contribution in [2.75, 3.05) is 0 Å². The molecule has 3 aromatic heterocycles. The lowest BCUT2D eigenvalue weighted by atomic mass is 10.1. The molecule has 0 bridgehead atoms. The van der Waals surface area contributed by atoms with Crippen molar-refractivity contribution in [3.63, 3.8) is 0 Å². The first kappa shape index (κ1) is 15.5. The number of hydrogen-bond donors (Lipinski definition) is 0. The zero-order chi connectivity index (χ0) is 17.2. The average Bonchev–Trinajstić information content (AvgIpc) is 3.04. The van der Waals surface area contributed by atoms with Crippen molar-refractivity contribution in [3.8, 4) is 16.9 Å². The molecule has 4 aromatic rings. The molecule has 0 aliphatic heterocycles. The summed E-state index contributed by atoms with van der Waals surface area (Å²) in [7, 11) is 0. The quantitative estimate of drug-likeness (QED) is 0.552. The summed E-state index contributed by atoms with van der Waals surface area (Å²) in [6.45, 7) is 0.264. The Kier molecular flexibility index (Phi) is 4.03. The number of rotatable bonds is 4. The lowest BCUT2D eigenvalue weighted by Gasteiger charge is -2.03. The van der Waals surface area contributed by atoms with E-state index in [1.54, 1.807) is 30.7 Å². The molecule has 0 unspecified atom stereocenters. The number of ether oxygens (including phenoxy) is 1. The second-order valence-corrected chi connectivity index (χ2v) is 5.79. The minimum Gasteiger partial charge on any atom is -0.487 e. The van der Waals surface area contributed by atoms with Gasteiger partial charge in [-0.3, -0.25) is 9.38 Å². The molecule has 0 N–H and O–H groups in total. The highest BCUT2D eigenvalue weighted by molar-refractivity contribution is 6.33. The molecule has 3 heterocycles. The maximum atomic E-state index is 12.9. The van der Waals surface area contributed by atoms with Crippen LogP contribution in [-0.2, 0) is 6.61 Å². The number of hydrogen-bond acceptors (Lipinski definition) is 4. The van der Waals surface area contributed by atoms with Gasteiger partial charge in [-0.2, -0.15) is 0 Å². The van der Waals surface area contributed by atoms with Crippen molar-refractivity contribution in [1.82, 2.24) is 19.4 Å². The second-order valence-electron chi connectivity index (χ2n) is 5.38. The number of fused-ring (bicyclic) bond motifs is 1. The Labute approximate surface area is 147 Å². The molecule has 0 saturated heterocycles. The lowest BCUT2D eigenvalue weighted by Crippen LogP contribution is -1.95. The van der Waals surface area contributed by atoms with E-state index < -0.39 is 0 Å². The molecule has 7 heteroatoms. The molecule has 0 aliphatic carbocycles. The number of halogens is 2. The first-order chi connectivity index (χ1) is 12.2. The summed E-state index contributed by atoms with van der Waals surface area (Å²) in [4.78, 5) is 12.7. The predicted molar refractivity (Wildman–Crippen MR) is 92.0 cm³/mol. The van der Waals surface area contributed by atoms with E-state index in [1.165, 1.54) is 12.1 Å². The molecule has 0 aliphatic rings. The Morgan fingerprint density at radius 3 is 2.72 bits per heavy atom. The van der Waals surface area contributed by atoms with E-state index in [0.717, 1.165) is 16.8 Å². The number of aromatic nitrogens is 4. The van der Waals surface area contributed by atoms with E-state index in [2.05, 4.69) is 15.0 Å². The van der Waals surface area contributed by atoms with E-state index in [1.807, 2.05) is 22.9 Å². The van der Waals surface area contributed by atoms with Gasteiger partial charge < -0.3 is 4.74 Å². The molecular weight excluding hydrogens is 343 g/mol. The van der Waals surface area contributed by atoms with E-state index in [0.29, 0.717) is 16.5 Å². The highest BCUT2D eigenvalue weighted by Gasteiger charge is 2.08. The minimum atomic E-state index is -0.299. The first-order valence-electron chi connectivity index (χ1n) is 7.51. The van der Waals surface area contributed by atoms with Crippen LogP contribution >= 0.6 is 11.6 Å². The van der Waals surface area contributed by atoms with Gasteiger partial charge in [0.2, 0.25) is 5.78 Å². The molecule has 0 spiro atoms. The summed E-state index contributed by atoms with van der Waals surface area (Å²) in [5, 5.41) is 0.559. The van der Waals surface area contributed by atoms with Crippen molar-refractivity contribution in [2.45, 2.75) is 6.61 Å². The summed E-state index contributed by atoms with van der Waals surface area (Å²) in [6, 6.07) is 7.69. The molecule has 25 heavy (non-hydrogen) atoms. The molecule has 0 amide bonds. The fourth-order valence-corrected chi connectivity index (χ4v) is 2.67. The van der Waals surface area contributed by atoms with Crippen LogP contribution in [0.2, 0.25) is 5.02 Å². The third-order valence-corrected chi connectivity index (χ3v) is 3.94. The summed E-state index contributed by atoms with van der Waals surface area (Å²) < 4.78 is 20.3. The van der Waals surface area contributed by atoms with Gasteiger partial charge in [-0.1, -0.05) is 11.6 Å². The van der Waals surface area contributed by atoms with Crippen LogP contribution in [0.1, 0.15) is 5.69 Å². The van der Waals surface area contributed by atoms with Crippen LogP contribution in [0, 0.1) is 5.82 Å². The molecule has 5 nitrogen and oxygen atoms in total. The van der Waals surface area contributed by atoms with Crippen LogP contribution in [0.25, 0.3) is 16.9 Å². The van der Waals surface area contributed by atoms with E-state index in [4.69, 9.17) is 16.3 Å². The largest absolute Gasteiger partial charge is 0.487 e. The van der Waals surface area contributed by atoms with Crippen molar-refractivity contribution in [2.24, 2.45) is 0 Å². The topological polar surface area (TPSA) is 52.3 Å². The highest BCUT2D eigenvalue weighted by Crippen LogP contribution is 2.26. The first-order valence-corrected chi connectivity index (χ1v) is 7.89. The maximum absolute atomic E-state index is 12.9. The van der Waals surface area contributed by atoms with Crippen LogP contribution in [0.4, 0.5) is 4.39 Å². The number of pyridine rings is 1. The molecule has 0 radical (unpaired) electrons. The smallest absolute Gasteiger partial charge is 0.234 e. The summed E-state index contributed by atoms with van der Waals surface area (Å²) in [5.74, 6) is 0.842. The second kappa shape index (κ2) is 6.49. The molecule has 0 saturated carbocycles. The number of imidazole rings is 1. The third-order valence-electron chi connectivity index (χ3n) is 3.64. The number of benzene rings is 1. The van der Waals surface area contributed by atoms with Crippen LogP contribution < -0.4 is 4.74 Å². The van der Waals surface area contributed by atoms with Crippen molar-refractivity contribution >= 4 is 17.4 Å². The van der Waals surface area contributed by atoms with Gasteiger partial charge in [-0.05, 0) is 30.3 Å². The standard InChI is InChI=1S/C18H12ClFN4O/c19-17-8-21-6-5-16(17)12-7-22-18-23-14(10-24(18)9-12)11-25-15-3-1-13(20)2-4-15/h1-10H,11H2. The fourth-order valence-electron chi connectivity index (χ4n) is 2.44. The Morgan fingerprint density at radius 2 is 1.92 bits per heavy atom. The summed E-state index contributed by atoms with van der Waals surface area (Å²) in [6.07, 6.45) is 8.73. The van der Waals surface area contributed by atoms with Crippen LogP contribution in [-0.4, -0.2) is 19.4 Å². The molecule has 0 atom stereocenters. The van der Waals surface area contributed by atoms with E-state index in [-0.39, 0.29) is 12.4 Å². The van der Waals surface area contributed by atoms with Gasteiger partial charge in [-0.15, -0.1) is 0 Å². The monoisotopic (exact) mass is 354 g/mol. The van der Waals surface area contributed by atoms with Crippen LogP contribution in [0.3, 0.4) is 0 Å². The molecule has 124 valence electrons. The normalized spacial score (nSPS) is 11.0. The molecular formula is C18H12ClFN4O. The van der Waals surface area contributed by atoms with Crippen LogP contribution in [0.15, 0.2) is 61.3 Å². The fraction of sp³-hybridized carbons (Fsp3) is 0.0556. The maximum Gasteiger partial charge on any atom is 0.234 e. The van der Waals surface area contributed by atoms with Crippen molar-refractivity contribution in [1.29, 1.82) is 0 Å². The zero-order valence-corrected chi connectivity index (χ0v) is 13.7. The Hall–Kier alpha value is -2.99. The minimum absolute atomic E-state index is 0.264. The van der Waals surface area contributed by atoms with Gasteiger partial charge >= 0.3 is 0 Å². The third kappa shape index (κ3) is 3.29. The predicted octanol–water partition coefficient (Wildman–Crippen LogP) is 4.16. The van der Waals surface area contributed by atoms with Gasteiger partial charge in [0.1, 0.15) is 18.2 Å². The average molecular weight is 355 g/mol. The van der Waals surface area contributed by atoms with E-state index >= 15 is 0 Å². The Bertz CT molecular complexity index is 1030. The summed E-state index contributed by atoms with van der Waals surface area (Å²) in [5.41, 5.74) is 2.43. The Balaban J connectivity index is 1.58. The highest BCUT2D eigenvalue weighted by atomic mass is 35.5. The molecule has 4 rings (SSSR count). The molecule has 0 fully saturated rings. The zero-order valence-electron chi connectivity index (χ0n) is 12.9. The summed E-state index contributed by atoms with van der Waals surface area (Å²) >= 11 is 6.18.